The van der Waals surface area contributed by atoms with Gasteiger partial charge in [0.2, 0.25) is 6.23 Å². The first kappa shape index (κ1) is 27.4. The first-order valence-electron chi connectivity index (χ1n) is 11.2. The van der Waals surface area contributed by atoms with E-state index >= 15 is 0 Å². The molecular weight excluding hydrogens is 460 g/mol. The molecule has 1 aromatic rings. The van der Waals surface area contributed by atoms with Crippen LogP contribution in [-0.2, 0) is 18.9 Å². The summed E-state index contributed by atoms with van der Waals surface area (Å²) in [7, 11) is 0. The van der Waals surface area contributed by atoms with Gasteiger partial charge in [-0.25, -0.2) is 14.4 Å². The molecule has 1 aromatic heterocycles. The average Bonchev–Trinajstić information content (AvgIpc) is 3.02. The third-order valence-corrected chi connectivity index (χ3v) is 5.01. The van der Waals surface area contributed by atoms with E-state index in [0.717, 1.165) is 37.9 Å². The largest absolute Gasteiger partial charge is 0.508 e. The van der Waals surface area contributed by atoms with Crippen LogP contribution < -0.4 is 11.0 Å². The minimum Gasteiger partial charge on any atom is -0.449 e. The highest BCUT2D eigenvalue weighted by Gasteiger charge is 2.60. The smallest absolute Gasteiger partial charge is 0.449 e. The maximum Gasteiger partial charge on any atom is 0.508 e. The summed E-state index contributed by atoms with van der Waals surface area (Å²) in [5.74, 6) is -4.09. The minimum absolute atomic E-state index is 0.118. The topological polar surface area (TPSA) is 138 Å². The molecule has 0 aliphatic carbocycles. The van der Waals surface area contributed by atoms with E-state index in [4.69, 9.17) is 18.9 Å². The number of amides is 1. The number of aliphatic hydroxyl groups excluding tert-OH is 1. The van der Waals surface area contributed by atoms with Crippen LogP contribution in [-0.4, -0.2) is 64.9 Å². The van der Waals surface area contributed by atoms with Crippen LogP contribution in [0.25, 0.3) is 0 Å². The van der Waals surface area contributed by atoms with Gasteiger partial charge in [0.25, 0.3) is 0 Å². The number of hydrogen-bond donors (Lipinski definition) is 2. The van der Waals surface area contributed by atoms with Crippen molar-refractivity contribution in [1.29, 1.82) is 0 Å². The Kier molecular flexibility index (Phi) is 10.6. The highest BCUT2D eigenvalue weighted by Crippen LogP contribution is 2.42. The first-order chi connectivity index (χ1) is 16.2. The molecule has 1 aliphatic heterocycles. The Labute approximate surface area is 195 Å². The predicted octanol–water partition coefficient (Wildman–Crippen LogP) is 3.22. The van der Waals surface area contributed by atoms with Gasteiger partial charge in [0, 0.05) is 6.20 Å². The Hall–Kier alpha value is -2.80. The number of carbonyl (C=O) groups is 2. The van der Waals surface area contributed by atoms with Crippen molar-refractivity contribution in [2.45, 2.75) is 76.7 Å². The van der Waals surface area contributed by atoms with E-state index < -0.39 is 48.9 Å². The van der Waals surface area contributed by atoms with Crippen LogP contribution in [0.2, 0.25) is 0 Å². The molecule has 1 aliphatic rings. The molecule has 192 valence electrons. The van der Waals surface area contributed by atoms with Gasteiger partial charge in [0.1, 0.15) is 18.5 Å². The second kappa shape index (κ2) is 13.2. The van der Waals surface area contributed by atoms with Crippen LogP contribution in [0.5, 0.6) is 0 Å². The van der Waals surface area contributed by atoms with Crippen molar-refractivity contribution in [3.63, 3.8) is 0 Å². The molecule has 34 heavy (non-hydrogen) atoms. The SMILES string of the molecule is CCCCCOC(=O)Nc1ccn([C@@H]2OC(COC(=O)OCCCCC)[C@@H](O)C2(F)F)c(=O)n1. The molecule has 0 spiro atoms. The molecule has 2 heterocycles. The molecule has 1 amide bonds. The van der Waals surface area contributed by atoms with Crippen LogP contribution >= 0.6 is 0 Å². The number of halogens is 2. The maximum absolute atomic E-state index is 14.6. The zero-order chi connectivity index (χ0) is 25.1. The number of ether oxygens (including phenoxy) is 4. The zero-order valence-corrected chi connectivity index (χ0v) is 19.2. The molecule has 0 saturated carbocycles. The lowest BCUT2D eigenvalue weighted by atomic mass is 10.1. The number of nitrogens with zero attached hydrogens (tertiary/aromatic N) is 2. The molecule has 11 nitrogen and oxygen atoms in total. The molecule has 13 heteroatoms. The fourth-order valence-electron chi connectivity index (χ4n) is 3.12. The molecule has 1 saturated heterocycles. The number of hydrogen-bond acceptors (Lipinski definition) is 9. The Morgan fingerprint density at radius 3 is 2.41 bits per heavy atom. The van der Waals surface area contributed by atoms with Gasteiger partial charge >= 0.3 is 23.9 Å². The van der Waals surface area contributed by atoms with Gasteiger partial charge in [-0.3, -0.25) is 9.88 Å². The van der Waals surface area contributed by atoms with Crippen molar-refractivity contribution in [3.8, 4) is 0 Å². The van der Waals surface area contributed by atoms with Gasteiger partial charge < -0.3 is 24.1 Å². The van der Waals surface area contributed by atoms with Gasteiger partial charge in [-0.15, -0.1) is 0 Å². The second-order valence-electron chi connectivity index (χ2n) is 7.73. The van der Waals surface area contributed by atoms with Crippen molar-refractivity contribution in [3.05, 3.63) is 22.7 Å². The molecule has 0 bridgehead atoms. The van der Waals surface area contributed by atoms with E-state index in [-0.39, 0.29) is 19.0 Å². The van der Waals surface area contributed by atoms with Crippen molar-refractivity contribution >= 4 is 18.1 Å². The number of aromatic nitrogens is 2. The number of aliphatic hydroxyl groups is 1. The van der Waals surface area contributed by atoms with Crippen molar-refractivity contribution < 1.29 is 42.4 Å². The lowest BCUT2D eigenvalue weighted by molar-refractivity contribution is -0.141. The highest BCUT2D eigenvalue weighted by molar-refractivity contribution is 5.83. The monoisotopic (exact) mass is 491 g/mol. The Morgan fingerprint density at radius 2 is 1.79 bits per heavy atom. The van der Waals surface area contributed by atoms with Crippen molar-refractivity contribution in [2.75, 3.05) is 25.1 Å². The number of nitrogens with one attached hydrogen (secondary N) is 1. The number of rotatable bonds is 12. The summed E-state index contributed by atoms with van der Waals surface area (Å²) >= 11 is 0. The van der Waals surface area contributed by atoms with Crippen LogP contribution in [0, 0.1) is 0 Å². The van der Waals surface area contributed by atoms with Crippen LogP contribution in [0.4, 0.5) is 24.2 Å². The summed E-state index contributed by atoms with van der Waals surface area (Å²) in [5.41, 5.74) is -1.16. The fraction of sp³-hybridized carbons (Fsp3) is 0.714. The summed E-state index contributed by atoms with van der Waals surface area (Å²) in [6, 6.07) is 1.11. The normalized spacial score (nSPS) is 21.1. The molecule has 2 rings (SSSR count). The molecule has 3 atom stereocenters. The molecule has 1 fully saturated rings. The number of alkyl halides is 2. The summed E-state index contributed by atoms with van der Waals surface area (Å²) in [6.45, 7) is 3.57. The van der Waals surface area contributed by atoms with Gasteiger partial charge in [-0.05, 0) is 18.9 Å². The van der Waals surface area contributed by atoms with E-state index in [9.17, 15) is 28.3 Å². The van der Waals surface area contributed by atoms with E-state index in [1.807, 2.05) is 13.8 Å². The Bertz CT molecular complexity index is 867. The van der Waals surface area contributed by atoms with Crippen molar-refractivity contribution in [2.24, 2.45) is 0 Å². The third-order valence-electron chi connectivity index (χ3n) is 5.01. The Morgan fingerprint density at radius 1 is 1.15 bits per heavy atom. The fourth-order valence-corrected chi connectivity index (χ4v) is 3.12. The van der Waals surface area contributed by atoms with Gasteiger partial charge in [-0.1, -0.05) is 39.5 Å². The standard InChI is InChI=1S/C21H31F2N3O8/c1-3-5-7-11-31-19(29)25-15-9-10-26(18(28)24-15)17-21(22,23)16(27)14(34-17)13-33-20(30)32-12-8-6-4-2/h9-10,14,16-17,27H,3-8,11-13H2,1-2H3,(H,24,25,28,29)/t14?,16-,17-/m1/s1. The maximum atomic E-state index is 14.6. The van der Waals surface area contributed by atoms with Gasteiger partial charge in [-0.2, -0.15) is 13.8 Å². The molecule has 2 N–H and O–H groups in total. The lowest BCUT2D eigenvalue weighted by Gasteiger charge is -2.21. The zero-order valence-electron chi connectivity index (χ0n) is 19.2. The molecular formula is C21H31F2N3O8. The van der Waals surface area contributed by atoms with Gasteiger partial charge in [0.15, 0.2) is 6.10 Å². The first-order valence-corrected chi connectivity index (χ1v) is 11.2. The lowest BCUT2D eigenvalue weighted by Crippen LogP contribution is -2.42. The molecule has 0 radical (unpaired) electrons. The predicted molar refractivity (Wildman–Crippen MR) is 115 cm³/mol. The summed E-state index contributed by atoms with van der Waals surface area (Å²) in [5, 5.41) is 12.2. The van der Waals surface area contributed by atoms with Crippen LogP contribution in [0.1, 0.15) is 58.6 Å². The average molecular weight is 491 g/mol. The number of anilines is 1. The number of carbonyl (C=O) groups excluding carboxylic acids is 2. The number of unbranched alkanes of at least 4 members (excludes halogenated alkanes) is 4. The summed E-state index contributed by atoms with van der Waals surface area (Å²) in [6.07, 6.45) is -2.22. The van der Waals surface area contributed by atoms with E-state index in [1.165, 1.54) is 0 Å². The van der Waals surface area contributed by atoms with E-state index in [2.05, 4.69) is 10.3 Å². The van der Waals surface area contributed by atoms with E-state index in [1.54, 1.807) is 0 Å². The Balaban J connectivity index is 1.95. The van der Waals surface area contributed by atoms with Crippen LogP contribution in [0.15, 0.2) is 17.1 Å². The second-order valence-corrected chi connectivity index (χ2v) is 7.73. The van der Waals surface area contributed by atoms with Gasteiger partial charge in [0.05, 0.1) is 13.2 Å². The minimum atomic E-state index is -3.89. The van der Waals surface area contributed by atoms with Crippen LogP contribution in [0.3, 0.4) is 0 Å². The summed E-state index contributed by atoms with van der Waals surface area (Å²) < 4.78 is 49.3. The highest BCUT2D eigenvalue weighted by atomic mass is 19.3. The van der Waals surface area contributed by atoms with Crippen molar-refractivity contribution in [1.82, 2.24) is 9.55 Å². The van der Waals surface area contributed by atoms with E-state index in [0.29, 0.717) is 17.4 Å². The third kappa shape index (κ3) is 7.62. The summed E-state index contributed by atoms with van der Waals surface area (Å²) in [4.78, 5) is 39.2. The quantitative estimate of drug-likeness (QED) is 0.333. The molecule has 1 unspecified atom stereocenters. The molecule has 0 aromatic carbocycles.